The Labute approximate surface area is 148 Å². The zero-order chi connectivity index (χ0) is 18.2. The van der Waals surface area contributed by atoms with Crippen molar-refractivity contribution in [3.8, 4) is 5.75 Å². The molecule has 0 unspecified atom stereocenters. The van der Waals surface area contributed by atoms with Crippen molar-refractivity contribution in [2.45, 2.75) is 38.3 Å². The lowest BCUT2D eigenvalue weighted by molar-refractivity contribution is -0.275. The number of alkyl halides is 3. The molecule has 0 saturated heterocycles. The van der Waals surface area contributed by atoms with Gasteiger partial charge in [0, 0.05) is 25.1 Å². The van der Waals surface area contributed by atoms with E-state index in [0.717, 1.165) is 18.7 Å². The quantitative estimate of drug-likeness (QED) is 0.723. The summed E-state index contributed by atoms with van der Waals surface area (Å²) in [6.45, 7) is 0.670. The number of benzene rings is 1. The van der Waals surface area contributed by atoms with Crippen LogP contribution in [0.1, 0.15) is 30.1 Å². The second kappa shape index (κ2) is 6.80. The summed E-state index contributed by atoms with van der Waals surface area (Å²) in [5.41, 5.74) is 0.451. The third-order valence-electron chi connectivity index (χ3n) is 4.03. The molecule has 0 spiro atoms. The van der Waals surface area contributed by atoms with Crippen LogP contribution in [-0.2, 0) is 20.3 Å². The Morgan fingerprint density at radius 2 is 2.00 bits per heavy atom. The van der Waals surface area contributed by atoms with Crippen molar-refractivity contribution in [3.05, 3.63) is 40.4 Å². The van der Waals surface area contributed by atoms with Crippen LogP contribution in [0.3, 0.4) is 0 Å². The molecule has 25 heavy (non-hydrogen) atoms. The summed E-state index contributed by atoms with van der Waals surface area (Å²) in [6.07, 6.45) is -2.47. The van der Waals surface area contributed by atoms with E-state index >= 15 is 0 Å². The first kappa shape index (κ1) is 17.9. The Kier molecular flexibility index (Phi) is 4.88. The molecular formula is C16H19F3N4OS. The average Bonchev–Trinajstić information content (AvgIpc) is 3.31. The summed E-state index contributed by atoms with van der Waals surface area (Å²) in [5.74, 6) is 1.25. The predicted octanol–water partition coefficient (Wildman–Crippen LogP) is 3.82. The molecule has 0 amide bonds. The van der Waals surface area contributed by atoms with E-state index in [1.807, 2.05) is 16.5 Å². The predicted molar refractivity (Wildman–Crippen MR) is 88.6 cm³/mol. The first-order chi connectivity index (χ1) is 11.7. The highest BCUT2D eigenvalue weighted by atomic mass is 32.1. The maximum atomic E-state index is 12.5. The highest BCUT2D eigenvalue weighted by molar-refractivity contribution is 7.71. The van der Waals surface area contributed by atoms with E-state index in [-0.39, 0.29) is 12.3 Å². The summed E-state index contributed by atoms with van der Waals surface area (Å²) in [5, 5.41) is 4.56. The summed E-state index contributed by atoms with van der Waals surface area (Å²) in [6, 6.07) is 6.13. The number of para-hydroxylation sites is 1. The molecule has 1 saturated carbocycles. The second-order valence-electron chi connectivity index (χ2n) is 6.28. The lowest BCUT2D eigenvalue weighted by Crippen LogP contribution is -2.24. The van der Waals surface area contributed by atoms with Gasteiger partial charge in [-0.15, -0.1) is 13.2 Å². The van der Waals surface area contributed by atoms with Gasteiger partial charge in [-0.3, -0.25) is 4.90 Å². The van der Waals surface area contributed by atoms with Crippen molar-refractivity contribution in [1.82, 2.24) is 19.2 Å². The third kappa shape index (κ3) is 4.40. The largest absolute Gasteiger partial charge is 0.573 e. The number of nitrogens with zero attached hydrogens (tertiary/aromatic N) is 4. The van der Waals surface area contributed by atoms with Gasteiger partial charge in [0.05, 0.1) is 6.67 Å². The molecular weight excluding hydrogens is 353 g/mol. The van der Waals surface area contributed by atoms with Crippen LogP contribution in [0.25, 0.3) is 0 Å². The van der Waals surface area contributed by atoms with Crippen molar-refractivity contribution < 1.29 is 17.9 Å². The minimum absolute atomic E-state index is 0.190. The molecule has 1 aliphatic carbocycles. The van der Waals surface area contributed by atoms with Crippen LogP contribution in [0, 0.1) is 4.77 Å². The average molecular weight is 372 g/mol. The van der Waals surface area contributed by atoms with Crippen LogP contribution in [0.2, 0.25) is 0 Å². The van der Waals surface area contributed by atoms with E-state index < -0.39 is 6.36 Å². The molecule has 0 radical (unpaired) electrons. The number of aromatic nitrogens is 3. The molecule has 0 atom stereocenters. The van der Waals surface area contributed by atoms with Gasteiger partial charge in [-0.2, -0.15) is 5.10 Å². The van der Waals surface area contributed by atoms with Crippen molar-refractivity contribution in [2.75, 3.05) is 7.05 Å². The fraction of sp³-hybridized carbons (Fsp3) is 0.500. The zero-order valence-electron chi connectivity index (χ0n) is 14.0. The van der Waals surface area contributed by atoms with Crippen molar-refractivity contribution in [1.29, 1.82) is 0 Å². The van der Waals surface area contributed by atoms with Crippen molar-refractivity contribution in [2.24, 2.45) is 7.05 Å². The topological polar surface area (TPSA) is 35.2 Å². The van der Waals surface area contributed by atoms with Crippen molar-refractivity contribution in [3.63, 3.8) is 0 Å². The Morgan fingerprint density at radius 3 is 2.64 bits per heavy atom. The van der Waals surface area contributed by atoms with Gasteiger partial charge in [0.2, 0.25) is 0 Å². The molecule has 1 heterocycles. The van der Waals surface area contributed by atoms with Gasteiger partial charge in [-0.1, -0.05) is 18.2 Å². The van der Waals surface area contributed by atoms with E-state index in [9.17, 15) is 13.2 Å². The Bertz CT molecular complexity index is 810. The second-order valence-corrected chi connectivity index (χ2v) is 6.65. The molecule has 136 valence electrons. The summed E-state index contributed by atoms with van der Waals surface area (Å²) < 4.78 is 45.9. The summed E-state index contributed by atoms with van der Waals surface area (Å²) in [4.78, 5) is 1.85. The fourth-order valence-electron chi connectivity index (χ4n) is 2.72. The molecule has 3 rings (SSSR count). The molecule has 2 aromatic rings. The maximum Gasteiger partial charge on any atom is 0.573 e. The van der Waals surface area contributed by atoms with E-state index in [1.54, 1.807) is 23.9 Å². The van der Waals surface area contributed by atoms with Gasteiger partial charge in [0.1, 0.15) is 11.6 Å². The number of halogens is 3. The molecule has 1 aliphatic rings. The van der Waals surface area contributed by atoms with Crippen LogP contribution in [0.15, 0.2) is 24.3 Å². The number of hydrogen-bond acceptors (Lipinski definition) is 4. The molecule has 1 aromatic heterocycles. The van der Waals surface area contributed by atoms with Crippen LogP contribution in [-0.4, -0.2) is 32.7 Å². The third-order valence-corrected chi connectivity index (χ3v) is 4.52. The van der Waals surface area contributed by atoms with Crippen LogP contribution in [0.5, 0.6) is 5.75 Å². The Morgan fingerprint density at radius 1 is 1.32 bits per heavy atom. The van der Waals surface area contributed by atoms with Gasteiger partial charge in [-0.25, -0.2) is 4.68 Å². The monoisotopic (exact) mass is 372 g/mol. The van der Waals surface area contributed by atoms with E-state index in [1.165, 1.54) is 12.1 Å². The minimum Gasteiger partial charge on any atom is -0.405 e. The van der Waals surface area contributed by atoms with Crippen molar-refractivity contribution >= 4 is 12.2 Å². The van der Waals surface area contributed by atoms with E-state index in [0.29, 0.717) is 22.9 Å². The molecule has 0 N–H and O–H groups in total. The minimum atomic E-state index is -4.71. The highest BCUT2D eigenvalue weighted by Gasteiger charge is 2.32. The van der Waals surface area contributed by atoms with Crippen LogP contribution in [0.4, 0.5) is 13.2 Å². The number of hydrogen-bond donors (Lipinski definition) is 0. The SMILES string of the molecule is CN(Cc1ccccc1OC(F)(F)F)Cn1nc(C2CC2)n(C)c1=S. The molecule has 1 aromatic carbocycles. The lowest BCUT2D eigenvalue weighted by atomic mass is 10.2. The fourth-order valence-corrected chi connectivity index (χ4v) is 2.91. The van der Waals surface area contributed by atoms with Gasteiger partial charge < -0.3 is 9.30 Å². The van der Waals surface area contributed by atoms with Crippen LogP contribution < -0.4 is 4.74 Å². The Balaban J connectivity index is 1.72. The van der Waals surface area contributed by atoms with Gasteiger partial charge in [-0.05, 0) is 38.2 Å². The highest BCUT2D eigenvalue weighted by Crippen LogP contribution is 2.38. The molecule has 9 heteroatoms. The number of rotatable bonds is 6. The number of ether oxygens (including phenoxy) is 1. The van der Waals surface area contributed by atoms with Gasteiger partial charge in [0.25, 0.3) is 0 Å². The molecule has 0 aliphatic heterocycles. The smallest absolute Gasteiger partial charge is 0.405 e. The van der Waals surface area contributed by atoms with E-state index in [4.69, 9.17) is 12.2 Å². The summed E-state index contributed by atoms with van der Waals surface area (Å²) >= 11 is 5.40. The standard InChI is InChI=1S/C16H19F3N4OS/c1-21(9-12-5-3-4-6-13(12)24-16(17,18)19)10-23-15(25)22(2)14(20-23)11-7-8-11/h3-6,11H,7-10H2,1-2H3. The van der Waals surface area contributed by atoms with Gasteiger partial charge >= 0.3 is 6.36 Å². The lowest BCUT2D eigenvalue weighted by Gasteiger charge is -2.19. The normalized spacial score (nSPS) is 15.0. The molecule has 0 bridgehead atoms. The zero-order valence-corrected chi connectivity index (χ0v) is 14.8. The first-order valence-corrected chi connectivity index (χ1v) is 8.31. The van der Waals surface area contributed by atoms with Crippen LogP contribution >= 0.6 is 12.2 Å². The van der Waals surface area contributed by atoms with Gasteiger partial charge in [0.15, 0.2) is 4.77 Å². The molecule has 5 nitrogen and oxygen atoms in total. The summed E-state index contributed by atoms with van der Waals surface area (Å²) in [7, 11) is 3.70. The maximum absolute atomic E-state index is 12.5. The molecule has 1 fully saturated rings. The first-order valence-electron chi connectivity index (χ1n) is 7.90. The Hall–Kier alpha value is -1.87. The van der Waals surface area contributed by atoms with E-state index in [2.05, 4.69) is 9.84 Å².